The van der Waals surface area contributed by atoms with Crippen LogP contribution >= 0.6 is 0 Å². The Kier molecular flexibility index (Phi) is 3.46. The van der Waals surface area contributed by atoms with Crippen LogP contribution in [0.4, 0.5) is 0 Å². The molecule has 0 aromatic carbocycles. The van der Waals surface area contributed by atoms with Crippen LogP contribution in [0.5, 0.6) is 0 Å². The summed E-state index contributed by atoms with van der Waals surface area (Å²) in [7, 11) is 0. The van der Waals surface area contributed by atoms with Gasteiger partial charge in [-0.15, -0.1) is 0 Å². The summed E-state index contributed by atoms with van der Waals surface area (Å²) in [5.74, 6) is 1.44. The molecule has 4 aliphatic rings. The first-order valence-electron chi connectivity index (χ1n) is 9.64. The lowest BCUT2D eigenvalue weighted by atomic mass is 9.61. The van der Waals surface area contributed by atoms with Crippen LogP contribution in [-0.2, 0) is 14.3 Å². The molecule has 0 bridgehead atoms. The van der Waals surface area contributed by atoms with Gasteiger partial charge in [-0.05, 0) is 48.0 Å². The highest BCUT2D eigenvalue weighted by molar-refractivity contribution is 5.99. The number of carbonyl (C=O) groups is 2. The lowest BCUT2D eigenvalue weighted by Crippen LogP contribution is -2.43. The van der Waals surface area contributed by atoms with Crippen molar-refractivity contribution in [1.82, 2.24) is 4.98 Å². The summed E-state index contributed by atoms with van der Waals surface area (Å²) < 4.78 is 6.40. The van der Waals surface area contributed by atoms with Crippen molar-refractivity contribution in [1.29, 1.82) is 0 Å². The molecule has 1 aromatic rings. The van der Waals surface area contributed by atoms with Crippen molar-refractivity contribution in [2.24, 2.45) is 11.3 Å². The van der Waals surface area contributed by atoms with Gasteiger partial charge in [-0.2, -0.15) is 0 Å². The van der Waals surface area contributed by atoms with Crippen LogP contribution in [0.1, 0.15) is 56.9 Å². The summed E-state index contributed by atoms with van der Waals surface area (Å²) >= 11 is 0. The second kappa shape index (κ2) is 5.63. The van der Waals surface area contributed by atoms with Gasteiger partial charge in [0.2, 0.25) is 0 Å². The van der Waals surface area contributed by atoms with Gasteiger partial charge in [-0.1, -0.05) is 13.0 Å². The zero-order valence-electron chi connectivity index (χ0n) is 15.0. The minimum absolute atomic E-state index is 0.0518. The summed E-state index contributed by atoms with van der Waals surface area (Å²) in [6, 6.07) is 3.94. The molecule has 2 fully saturated rings. The number of hydrogen-bond acceptors (Lipinski definition) is 4. The first-order valence-corrected chi connectivity index (χ1v) is 9.64. The number of rotatable bonds is 1. The van der Waals surface area contributed by atoms with E-state index in [1.807, 2.05) is 18.3 Å². The van der Waals surface area contributed by atoms with E-state index >= 15 is 0 Å². The maximum Gasteiger partial charge on any atom is 0.166 e. The molecule has 0 unspecified atom stereocenters. The molecular formula is C22H23NO3. The number of ether oxygens (including phenoxy) is 1. The fraction of sp³-hybridized carbons (Fsp3) is 0.500. The molecule has 4 heteroatoms. The maximum atomic E-state index is 13.0. The Morgan fingerprint density at radius 3 is 2.92 bits per heavy atom. The van der Waals surface area contributed by atoms with Crippen molar-refractivity contribution < 1.29 is 14.3 Å². The van der Waals surface area contributed by atoms with Gasteiger partial charge in [-0.3, -0.25) is 14.6 Å². The first-order chi connectivity index (χ1) is 12.6. The molecule has 2 heterocycles. The summed E-state index contributed by atoms with van der Waals surface area (Å²) in [4.78, 5) is 29.5. The van der Waals surface area contributed by atoms with Crippen molar-refractivity contribution in [2.45, 2.75) is 57.5 Å². The number of pyridine rings is 1. The smallest absolute Gasteiger partial charge is 0.166 e. The van der Waals surface area contributed by atoms with Crippen molar-refractivity contribution in [3.63, 3.8) is 0 Å². The van der Waals surface area contributed by atoms with E-state index < -0.39 is 0 Å². The highest BCUT2D eigenvalue weighted by Gasteiger charge is 2.58. The van der Waals surface area contributed by atoms with Gasteiger partial charge in [-0.25, -0.2) is 0 Å². The number of fused-ring (bicyclic) bond motifs is 3. The summed E-state index contributed by atoms with van der Waals surface area (Å²) in [6.07, 6.45) is 10.4. The van der Waals surface area contributed by atoms with E-state index in [4.69, 9.17) is 4.74 Å². The van der Waals surface area contributed by atoms with Crippen molar-refractivity contribution in [3.05, 3.63) is 53.1 Å². The molecule has 0 spiro atoms. The van der Waals surface area contributed by atoms with Gasteiger partial charge >= 0.3 is 0 Å². The fourth-order valence-corrected chi connectivity index (χ4v) is 5.63. The second-order valence-corrected chi connectivity index (χ2v) is 8.37. The van der Waals surface area contributed by atoms with E-state index in [0.29, 0.717) is 18.6 Å². The monoisotopic (exact) mass is 349 g/mol. The van der Waals surface area contributed by atoms with E-state index in [0.717, 1.165) is 42.6 Å². The third-order valence-electron chi connectivity index (χ3n) is 6.96. The highest BCUT2D eigenvalue weighted by atomic mass is 16.5. The van der Waals surface area contributed by atoms with Crippen LogP contribution in [0, 0.1) is 11.3 Å². The van der Waals surface area contributed by atoms with Crippen molar-refractivity contribution >= 4 is 11.6 Å². The zero-order valence-corrected chi connectivity index (χ0v) is 15.0. The average Bonchev–Trinajstić information content (AvgIpc) is 2.92. The van der Waals surface area contributed by atoms with Gasteiger partial charge in [0.05, 0.1) is 5.57 Å². The number of allylic oxidation sites excluding steroid dienone is 3. The largest absolute Gasteiger partial charge is 0.489 e. The third-order valence-corrected chi connectivity index (χ3v) is 6.96. The van der Waals surface area contributed by atoms with Crippen LogP contribution in [0.2, 0.25) is 0 Å². The van der Waals surface area contributed by atoms with Crippen molar-refractivity contribution in [3.8, 4) is 0 Å². The average molecular weight is 349 g/mol. The summed E-state index contributed by atoms with van der Waals surface area (Å²) in [5.41, 5.74) is 2.91. The molecule has 5 rings (SSSR count). The molecule has 26 heavy (non-hydrogen) atoms. The Morgan fingerprint density at radius 2 is 2.12 bits per heavy atom. The molecule has 0 N–H and O–H groups in total. The number of aromatic nitrogens is 1. The minimum atomic E-state index is -0.112. The molecule has 4 atom stereocenters. The SMILES string of the molecule is C[C@]12CCC3=CC4=C(CCCC4=O)O[C@H]3[C@@H]1CC(=O)[C@@H]2c1cccnc1. The molecule has 0 amide bonds. The lowest BCUT2D eigenvalue weighted by Gasteiger charge is -2.47. The van der Waals surface area contributed by atoms with Crippen LogP contribution in [0.25, 0.3) is 0 Å². The molecule has 134 valence electrons. The predicted octanol–water partition coefficient (Wildman–Crippen LogP) is 3.89. The zero-order chi connectivity index (χ0) is 17.9. The van der Waals surface area contributed by atoms with Gasteiger partial charge in [0.25, 0.3) is 0 Å². The normalized spacial score (nSPS) is 36.0. The molecule has 3 aliphatic carbocycles. The molecule has 1 aliphatic heterocycles. The lowest BCUT2D eigenvalue weighted by molar-refractivity contribution is -0.119. The highest BCUT2D eigenvalue weighted by Crippen LogP contribution is 2.60. The predicted molar refractivity (Wildman–Crippen MR) is 96.3 cm³/mol. The van der Waals surface area contributed by atoms with Crippen LogP contribution in [0.15, 0.2) is 47.5 Å². The van der Waals surface area contributed by atoms with Gasteiger partial charge in [0.15, 0.2) is 5.78 Å². The Labute approximate surface area is 153 Å². The topological polar surface area (TPSA) is 56.3 Å². The fourth-order valence-electron chi connectivity index (χ4n) is 5.63. The first kappa shape index (κ1) is 16.0. The molecule has 4 nitrogen and oxygen atoms in total. The van der Waals surface area contributed by atoms with Gasteiger partial charge in [0, 0.05) is 43.5 Å². The summed E-state index contributed by atoms with van der Waals surface area (Å²) in [5, 5.41) is 0. The summed E-state index contributed by atoms with van der Waals surface area (Å²) in [6.45, 7) is 2.25. The number of hydrogen-bond donors (Lipinski definition) is 0. The number of nitrogens with zero attached hydrogens (tertiary/aromatic N) is 1. The van der Waals surface area contributed by atoms with E-state index in [-0.39, 0.29) is 29.1 Å². The van der Waals surface area contributed by atoms with E-state index in [1.165, 1.54) is 5.57 Å². The van der Waals surface area contributed by atoms with E-state index in [1.54, 1.807) is 6.20 Å². The molecular weight excluding hydrogens is 326 g/mol. The Bertz CT molecular complexity index is 853. The standard InChI is InChI=1S/C22H23NO3/c1-22-8-7-13-10-15-17(24)5-2-6-19(15)26-21(13)16(22)11-18(25)20(22)14-4-3-9-23-12-14/h3-4,9-10,12,16,20-21H,2,5-8,11H2,1H3/t16-,20-,21+,22-/m0/s1. The van der Waals surface area contributed by atoms with Crippen LogP contribution < -0.4 is 0 Å². The number of carbonyl (C=O) groups excluding carboxylic acids is 2. The minimum Gasteiger partial charge on any atom is -0.489 e. The Hall–Kier alpha value is -2.23. The number of Topliss-reactive ketones (excluding diaryl/α,β-unsaturated/α-hetero) is 2. The van der Waals surface area contributed by atoms with Gasteiger partial charge < -0.3 is 4.74 Å². The van der Waals surface area contributed by atoms with E-state index in [2.05, 4.69) is 18.0 Å². The van der Waals surface area contributed by atoms with Crippen molar-refractivity contribution in [2.75, 3.05) is 0 Å². The molecule has 0 radical (unpaired) electrons. The molecule has 1 aromatic heterocycles. The van der Waals surface area contributed by atoms with E-state index in [9.17, 15) is 9.59 Å². The molecule has 0 saturated heterocycles. The second-order valence-electron chi connectivity index (χ2n) is 8.37. The number of ketones is 2. The Morgan fingerprint density at radius 1 is 1.23 bits per heavy atom. The molecule has 2 saturated carbocycles. The maximum absolute atomic E-state index is 13.0. The van der Waals surface area contributed by atoms with Crippen LogP contribution in [-0.4, -0.2) is 22.7 Å². The Balaban J connectivity index is 1.52. The quantitative estimate of drug-likeness (QED) is 0.772. The third kappa shape index (κ3) is 2.17. The van der Waals surface area contributed by atoms with Crippen LogP contribution in [0.3, 0.4) is 0 Å². The van der Waals surface area contributed by atoms with Gasteiger partial charge in [0.1, 0.15) is 17.6 Å².